The molecule has 6 nitrogen and oxygen atoms in total. The van der Waals surface area contributed by atoms with Gasteiger partial charge in [-0.1, -0.05) is 0 Å². The van der Waals surface area contributed by atoms with E-state index in [2.05, 4.69) is 14.9 Å². The molecule has 0 saturated carbocycles. The molecule has 0 aromatic carbocycles. The third-order valence-electron chi connectivity index (χ3n) is 1.87. The van der Waals surface area contributed by atoms with E-state index >= 15 is 0 Å². The number of hydrogen-bond donors (Lipinski definition) is 0. The molecule has 0 atom stereocenters. The fraction of sp³-hybridized carbons (Fsp3) is 1.00. The number of hydrogen-bond acceptors (Lipinski definition) is 4. The highest BCUT2D eigenvalue weighted by atomic mass is 16.8. The van der Waals surface area contributed by atoms with Gasteiger partial charge in [-0.2, -0.15) is 0 Å². The first-order valence-electron chi connectivity index (χ1n) is 4.38. The summed E-state index contributed by atoms with van der Waals surface area (Å²) in [5, 5.41) is 16.1. The van der Waals surface area contributed by atoms with Crippen molar-refractivity contribution in [3.8, 4) is 0 Å². The molecule has 0 aromatic heterocycles. The minimum atomic E-state index is 0.00653. The summed E-state index contributed by atoms with van der Waals surface area (Å²) in [7, 11) is 1.48. The lowest BCUT2D eigenvalue weighted by Gasteiger charge is -2.21. The van der Waals surface area contributed by atoms with Gasteiger partial charge in [0.05, 0.1) is 18.1 Å². The Morgan fingerprint density at radius 3 is 2.69 bits per heavy atom. The molecule has 76 valence electrons. The fourth-order valence-electron chi connectivity index (χ4n) is 1.23. The second-order valence-electron chi connectivity index (χ2n) is 2.88. The Hall–Kier alpha value is -1.04. The van der Waals surface area contributed by atoms with E-state index in [4.69, 9.17) is 0 Å². The number of ether oxygens (including phenoxy) is 1. The van der Waals surface area contributed by atoms with E-state index in [1.54, 1.807) is 5.01 Å². The summed E-state index contributed by atoms with van der Waals surface area (Å²) in [4.78, 5) is 5.07. The lowest BCUT2D eigenvalue weighted by Crippen LogP contribution is -2.35. The Kier molecular flexibility index (Phi) is 4.31. The average Bonchev–Trinajstić information content (AvgIpc) is 2.19. The van der Waals surface area contributed by atoms with Gasteiger partial charge in [0.1, 0.15) is 0 Å². The normalized spacial score (nSPS) is 18.8. The van der Waals surface area contributed by atoms with E-state index in [-0.39, 0.29) is 6.79 Å². The van der Waals surface area contributed by atoms with Gasteiger partial charge in [-0.25, -0.2) is 0 Å². The smallest absolute Gasteiger partial charge is 0.235 e. The predicted molar refractivity (Wildman–Crippen MR) is 44.4 cm³/mol. The van der Waals surface area contributed by atoms with Gasteiger partial charge in [0.2, 0.25) is 12.1 Å². The SMILES string of the molecule is COCO/N=[N+](/[O-])N1CCCCC1. The first kappa shape index (κ1) is 10.0. The summed E-state index contributed by atoms with van der Waals surface area (Å²) >= 11 is 0. The monoisotopic (exact) mass is 189 g/mol. The van der Waals surface area contributed by atoms with Gasteiger partial charge in [-0.3, -0.25) is 0 Å². The lowest BCUT2D eigenvalue weighted by atomic mass is 10.2. The highest BCUT2D eigenvalue weighted by Gasteiger charge is 2.16. The number of piperidine rings is 1. The zero-order chi connectivity index (χ0) is 9.52. The van der Waals surface area contributed by atoms with Crippen LogP contribution < -0.4 is 0 Å². The standard InChI is InChI=1S/C7H15N3O3/c1-12-7-13-8-10(11)9-5-3-2-4-6-9/h2-7H2,1H3/b10-8+. The molecular formula is C7H15N3O3. The maximum absolute atomic E-state index is 11.2. The first-order valence-corrected chi connectivity index (χ1v) is 4.38. The second kappa shape index (κ2) is 5.58. The largest absolute Gasteiger partial charge is 0.569 e. The van der Waals surface area contributed by atoms with Crippen molar-refractivity contribution < 1.29 is 14.5 Å². The molecular weight excluding hydrogens is 174 g/mol. The molecule has 0 aromatic rings. The number of rotatable bonds is 4. The van der Waals surface area contributed by atoms with Crippen molar-refractivity contribution in [2.45, 2.75) is 19.3 Å². The topological polar surface area (TPSA) is 60.1 Å². The zero-order valence-electron chi connectivity index (χ0n) is 7.81. The molecule has 0 aliphatic carbocycles. The number of nitrogens with zero attached hydrogens (tertiary/aromatic N) is 3. The van der Waals surface area contributed by atoms with Gasteiger partial charge in [-0.15, -0.1) is 5.01 Å². The van der Waals surface area contributed by atoms with E-state index in [0.717, 1.165) is 25.9 Å². The summed E-state index contributed by atoms with van der Waals surface area (Å²) in [5.41, 5.74) is 0. The van der Waals surface area contributed by atoms with Crippen molar-refractivity contribution in [1.29, 1.82) is 0 Å². The van der Waals surface area contributed by atoms with Gasteiger partial charge in [0, 0.05) is 7.11 Å². The highest BCUT2D eigenvalue weighted by Crippen LogP contribution is 2.08. The van der Waals surface area contributed by atoms with Crippen LogP contribution in [0.15, 0.2) is 5.28 Å². The third-order valence-corrected chi connectivity index (χ3v) is 1.87. The predicted octanol–water partition coefficient (Wildman–Crippen LogP) is 0.885. The quantitative estimate of drug-likeness (QED) is 0.216. The van der Waals surface area contributed by atoms with Gasteiger partial charge in [0.15, 0.2) is 0 Å². The molecule has 0 bridgehead atoms. The molecule has 1 aliphatic heterocycles. The summed E-state index contributed by atoms with van der Waals surface area (Å²) in [5.74, 6) is 0. The molecule has 6 heteroatoms. The van der Waals surface area contributed by atoms with Crippen molar-refractivity contribution >= 4 is 0 Å². The summed E-state index contributed by atoms with van der Waals surface area (Å²) < 4.78 is 4.58. The molecule has 0 N–H and O–H groups in total. The molecule has 0 unspecified atom stereocenters. The minimum absolute atomic E-state index is 0.00653. The molecule has 0 spiro atoms. The highest BCUT2D eigenvalue weighted by molar-refractivity contribution is 4.54. The summed E-state index contributed by atoms with van der Waals surface area (Å²) in [6, 6.07) is 0. The van der Waals surface area contributed by atoms with Crippen LogP contribution in [0, 0.1) is 5.21 Å². The number of hydrazine groups is 1. The van der Waals surface area contributed by atoms with Gasteiger partial charge in [-0.05, 0) is 19.3 Å². The van der Waals surface area contributed by atoms with Crippen molar-refractivity contribution in [1.82, 2.24) is 5.01 Å². The van der Waals surface area contributed by atoms with Crippen LogP contribution >= 0.6 is 0 Å². The van der Waals surface area contributed by atoms with Crippen molar-refractivity contribution in [3.63, 3.8) is 0 Å². The maximum atomic E-state index is 11.2. The van der Waals surface area contributed by atoms with Crippen molar-refractivity contribution in [2.24, 2.45) is 5.28 Å². The Bertz CT molecular complexity index is 168. The molecule has 1 heterocycles. The van der Waals surface area contributed by atoms with Gasteiger partial charge < -0.3 is 14.8 Å². The van der Waals surface area contributed by atoms with Crippen LogP contribution in [0.2, 0.25) is 0 Å². The van der Waals surface area contributed by atoms with Crippen LogP contribution in [0.25, 0.3) is 0 Å². The van der Waals surface area contributed by atoms with Crippen molar-refractivity contribution in [2.75, 3.05) is 27.0 Å². The van der Waals surface area contributed by atoms with Crippen molar-refractivity contribution in [3.05, 3.63) is 5.21 Å². The average molecular weight is 189 g/mol. The maximum Gasteiger partial charge on any atom is 0.235 e. The Morgan fingerprint density at radius 1 is 1.38 bits per heavy atom. The molecule has 13 heavy (non-hydrogen) atoms. The molecule has 1 aliphatic rings. The Labute approximate surface area is 77.2 Å². The fourth-order valence-corrected chi connectivity index (χ4v) is 1.23. The molecule has 1 rings (SSSR count). The van der Waals surface area contributed by atoms with E-state index in [1.807, 2.05) is 0 Å². The Balaban J connectivity index is 2.27. The zero-order valence-corrected chi connectivity index (χ0v) is 7.81. The number of methoxy groups -OCH3 is 1. The van der Waals surface area contributed by atoms with Crippen LogP contribution in [0.5, 0.6) is 0 Å². The van der Waals surface area contributed by atoms with E-state index in [0.29, 0.717) is 4.97 Å². The second-order valence-corrected chi connectivity index (χ2v) is 2.88. The van der Waals surface area contributed by atoms with Crippen LogP contribution in [0.4, 0.5) is 0 Å². The van der Waals surface area contributed by atoms with Crippen LogP contribution in [-0.4, -0.2) is 37.0 Å². The van der Waals surface area contributed by atoms with Gasteiger partial charge >= 0.3 is 0 Å². The van der Waals surface area contributed by atoms with Gasteiger partial charge in [0.25, 0.3) is 0 Å². The van der Waals surface area contributed by atoms with E-state index < -0.39 is 0 Å². The first-order chi connectivity index (χ1) is 6.34. The third kappa shape index (κ3) is 3.45. The van der Waals surface area contributed by atoms with Crippen LogP contribution in [-0.2, 0) is 9.57 Å². The summed E-state index contributed by atoms with van der Waals surface area (Å²) in [6.07, 6.45) is 3.26. The van der Waals surface area contributed by atoms with E-state index in [9.17, 15) is 5.21 Å². The minimum Gasteiger partial charge on any atom is -0.569 e. The van der Waals surface area contributed by atoms with E-state index in [1.165, 1.54) is 13.5 Å². The van der Waals surface area contributed by atoms with Crippen LogP contribution in [0.1, 0.15) is 19.3 Å². The molecule has 1 fully saturated rings. The molecule has 1 saturated heterocycles. The molecule has 0 amide bonds. The summed E-state index contributed by atoms with van der Waals surface area (Å²) in [6.45, 7) is 1.51. The van der Waals surface area contributed by atoms with Crippen LogP contribution in [0.3, 0.4) is 0 Å². The molecule has 0 radical (unpaired) electrons. The Morgan fingerprint density at radius 2 is 2.08 bits per heavy atom. The lowest BCUT2D eigenvalue weighted by molar-refractivity contribution is -0.713.